The first-order valence-corrected chi connectivity index (χ1v) is 9.42. The van der Waals surface area contributed by atoms with E-state index < -0.39 is 29.2 Å². The zero-order valence-electron chi connectivity index (χ0n) is 15.6. The molecule has 0 aliphatic carbocycles. The summed E-state index contributed by atoms with van der Waals surface area (Å²) in [4.78, 5) is 17.3. The number of aromatic hydroxyl groups is 1. The standard InChI is InChI=1S/C20H12F4N2O4S/c1-29-15-6-10(5-13(21)17(15)27)7-16-18(28)26-9-14(25-19(26)31-16)11-3-2-4-12(8-11)30-20(22,23)24/h2-9,27H,1H3/b16-7-. The van der Waals surface area contributed by atoms with Crippen molar-refractivity contribution in [1.82, 2.24) is 9.38 Å². The van der Waals surface area contributed by atoms with Gasteiger partial charge in [-0.25, -0.2) is 9.37 Å². The summed E-state index contributed by atoms with van der Waals surface area (Å²) in [5.41, 5.74) is 0.493. The van der Waals surface area contributed by atoms with Crippen molar-refractivity contribution in [2.24, 2.45) is 0 Å². The number of hydrogen-bond acceptors (Lipinski definition) is 6. The second-order valence-electron chi connectivity index (χ2n) is 6.32. The lowest BCUT2D eigenvalue weighted by molar-refractivity contribution is -0.274. The fraction of sp³-hybridized carbons (Fsp3) is 0.100. The summed E-state index contributed by atoms with van der Waals surface area (Å²) < 4.78 is 61.4. The van der Waals surface area contributed by atoms with Crippen LogP contribution in [0, 0.1) is 5.82 Å². The zero-order chi connectivity index (χ0) is 22.3. The van der Waals surface area contributed by atoms with Crippen LogP contribution in [-0.2, 0) is 0 Å². The lowest BCUT2D eigenvalue weighted by Crippen LogP contribution is -2.22. The summed E-state index contributed by atoms with van der Waals surface area (Å²) in [6.07, 6.45) is -2.00. The molecule has 2 aromatic heterocycles. The first kappa shape index (κ1) is 20.7. The van der Waals surface area contributed by atoms with E-state index in [9.17, 15) is 27.5 Å². The van der Waals surface area contributed by atoms with Crippen molar-refractivity contribution in [3.05, 3.63) is 68.9 Å². The van der Waals surface area contributed by atoms with Gasteiger partial charge in [0.15, 0.2) is 22.3 Å². The molecule has 0 saturated heterocycles. The molecule has 31 heavy (non-hydrogen) atoms. The Balaban J connectivity index is 1.73. The van der Waals surface area contributed by atoms with Crippen molar-refractivity contribution < 1.29 is 32.1 Å². The zero-order valence-corrected chi connectivity index (χ0v) is 16.4. The minimum Gasteiger partial charge on any atom is -0.502 e. The summed E-state index contributed by atoms with van der Waals surface area (Å²) in [6.45, 7) is 0. The quantitative estimate of drug-likeness (QED) is 0.478. The van der Waals surface area contributed by atoms with E-state index in [2.05, 4.69) is 9.72 Å². The number of alkyl halides is 3. The molecule has 0 unspecified atom stereocenters. The molecular formula is C20H12F4N2O4S. The largest absolute Gasteiger partial charge is 0.573 e. The molecule has 0 atom stereocenters. The SMILES string of the molecule is COc1cc(/C=c2\sc3nc(-c4cccc(OC(F)(F)F)c4)cn3c2=O)cc(F)c1O. The van der Waals surface area contributed by atoms with E-state index >= 15 is 0 Å². The van der Waals surface area contributed by atoms with E-state index in [1.165, 1.54) is 42.0 Å². The Morgan fingerprint density at radius 2 is 2.00 bits per heavy atom. The minimum absolute atomic E-state index is 0.0803. The highest BCUT2D eigenvalue weighted by Gasteiger charge is 2.31. The Labute approximate surface area is 175 Å². The van der Waals surface area contributed by atoms with Crippen LogP contribution < -0.4 is 19.6 Å². The molecule has 4 aromatic rings. The number of halogens is 4. The Morgan fingerprint density at radius 3 is 2.68 bits per heavy atom. The van der Waals surface area contributed by atoms with Gasteiger partial charge in [0.1, 0.15) is 5.75 Å². The van der Waals surface area contributed by atoms with E-state index in [0.717, 1.165) is 23.5 Å². The van der Waals surface area contributed by atoms with Gasteiger partial charge in [0.25, 0.3) is 5.56 Å². The predicted octanol–water partition coefficient (Wildman–Crippen LogP) is 3.72. The molecule has 0 aliphatic heterocycles. The van der Waals surface area contributed by atoms with Gasteiger partial charge in [-0.3, -0.25) is 9.20 Å². The van der Waals surface area contributed by atoms with Crippen LogP contribution in [0.1, 0.15) is 5.56 Å². The second kappa shape index (κ2) is 7.58. The van der Waals surface area contributed by atoms with Crippen molar-refractivity contribution >= 4 is 22.4 Å². The van der Waals surface area contributed by atoms with E-state index in [1.807, 2.05) is 0 Å². The van der Waals surface area contributed by atoms with Gasteiger partial charge in [0.05, 0.1) is 17.3 Å². The average Bonchev–Trinajstić information content (AvgIpc) is 3.23. The third-order valence-electron chi connectivity index (χ3n) is 4.24. The van der Waals surface area contributed by atoms with Crippen LogP contribution in [0.3, 0.4) is 0 Å². The number of thiazole rings is 1. The number of methoxy groups -OCH3 is 1. The number of hydrogen-bond donors (Lipinski definition) is 1. The van der Waals surface area contributed by atoms with Crippen molar-refractivity contribution in [2.45, 2.75) is 6.36 Å². The molecule has 0 amide bonds. The summed E-state index contributed by atoms with van der Waals surface area (Å²) in [5.74, 6) is -2.02. The summed E-state index contributed by atoms with van der Waals surface area (Å²) >= 11 is 1.02. The van der Waals surface area contributed by atoms with Gasteiger partial charge in [-0.15, -0.1) is 13.2 Å². The molecule has 6 nitrogen and oxygen atoms in total. The molecule has 0 radical (unpaired) electrons. The van der Waals surface area contributed by atoms with Crippen molar-refractivity contribution in [1.29, 1.82) is 0 Å². The highest BCUT2D eigenvalue weighted by atomic mass is 32.1. The Kier molecular flexibility index (Phi) is 5.05. The number of rotatable bonds is 4. The minimum atomic E-state index is -4.82. The first-order chi connectivity index (χ1) is 14.6. The van der Waals surface area contributed by atoms with Crippen molar-refractivity contribution in [3.63, 3.8) is 0 Å². The number of phenolic OH excluding ortho intramolecular Hbond substituents is 1. The van der Waals surface area contributed by atoms with E-state index in [-0.39, 0.29) is 10.3 Å². The van der Waals surface area contributed by atoms with E-state index in [0.29, 0.717) is 21.8 Å². The summed E-state index contributed by atoms with van der Waals surface area (Å²) in [5, 5.41) is 9.59. The van der Waals surface area contributed by atoms with Gasteiger partial charge in [0.2, 0.25) is 0 Å². The molecule has 0 bridgehead atoms. The third-order valence-corrected chi connectivity index (χ3v) is 5.22. The lowest BCUT2D eigenvalue weighted by Gasteiger charge is -2.09. The van der Waals surface area contributed by atoms with Gasteiger partial charge in [-0.1, -0.05) is 23.5 Å². The topological polar surface area (TPSA) is 73.1 Å². The number of aromatic nitrogens is 2. The van der Waals surface area contributed by atoms with Crippen LogP contribution in [-0.4, -0.2) is 28.0 Å². The third kappa shape index (κ3) is 4.17. The normalized spacial score (nSPS) is 12.5. The van der Waals surface area contributed by atoms with Gasteiger partial charge >= 0.3 is 6.36 Å². The number of phenols is 1. The Bertz CT molecular complexity index is 1390. The lowest BCUT2D eigenvalue weighted by atomic mass is 10.1. The maximum Gasteiger partial charge on any atom is 0.573 e. The predicted molar refractivity (Wildman–Crippen MR) is 105 cm³/mol. The smallest absolute Gasteiger partial charge is 0.502 e. The van der Waals surface area contributed by atoms with Crippen LogP contribution >= 0.6 is 11.3 Å². The summed E-state index contributed by atoms with van der Waals surface area (Å²) in [7, 11) is 1.27. The molecular weight excluding hydrogens is 440 g/mol. The number of nitrogens with zero attached hydrogens (tertiary/aromatic N) is 2. The molecule has 0 saturated carbocycles. The number of imidazole rings is 1. The van der Waals surface area contributed by atoms with Gasteiger partial charge in [-0.2, -0.15) is 0 Å². The van der Waals surface area contributed by atoms with Crippen molar-refractivity contribution in [3.8, 4) is 28.5 Å². The van der Waals surface area contributed by atoms with Crippen LogP contribution in [0.5, 0.6) is 17.2 Å². The molecule has 0 fully saturated rings. The number of benzene rings is 2. The fourth-order valence-electron chi connectivity index (χ4n) is 2.91. The molecule has 1 N–H and O–H groups in total. The Morgan fingerprint density at radius 1 is 1.23 bits per heavy atom. The second-order valence-corrected chi connectivity index (χ2v) is 7.33. The maximum atomic E-state index is 13.8. The van der Waals surface area contributed by atoms with Gasteiger partial charge in [0, 0.05) is 11.8 Å². The van der Waals surface area contributed by atoms with Crippen LogP contribution in [0.15, 0.2) is 47.4 Å². The highest BCUT2D eigenvalue weighted by Crippen LogP contribution is 2.30. The number of fused-ring (bicyclic) bond motifs is 1. The first-order valence-electron chi connectivity index (χ1n) is 8.61. The molecule has 2 heterocycles. The van der Waals surface area contributed by atoms with Gasteiger partial charge < -0.3 is 14.6 Å². The fourth-order valence-corrected chi connectivity index (χ4v) is 3.86. The summed E-state index contributed by atoms with van der Waals surface area (Å²) in [6, 6.07) is 7.68. The number of ether oxygens (including phenoxy) is 2. The molecule has 11 heteroatoms. The van der Waals surface area contributed by atoms with E-state index in [4.69, 9.17) is 4.74 Å². The van der Waals surface area contributed by atoms with Crippen molar-refractivity contribution in [2.75, 3.05) is 7.11 Å². The monoisotopic (exact) mass is 452 g/mol. The van der Waals surface area contributed by atoms with Crippen LogP contribution in [0.4, 0.5) is 17.6 Å². The van der Waals surface area contributed by atoms with Crippen LogP contribution in [0.2, 0.25) is 0 Å². The molecule has 0 aliphatic rings. The molecule has 4 rings (SSSR count). The van der Waals surface area contributed by atoms with Crippen LogP contribution in [0.25, 0.3) is 22.3 Å². The molecule has 160 valence electrons. The average molecular weight is 452 g/mol. The molecule has 0 spiro atoms. The highest BCUT2D eigenvalue weighted by molar-refractivity contribution is 7.15. The molecule has 2 aromatic carbocycles. The maximum absolute atomic E-state index is 13.8. The van der Waals surface area contributed by atoms with E-state index in [1.54, 1.807) is 6.07 Å². The van der Waals surface area contributed by atoms with Gasteiger partial charge in [-0.05, 0) is 35.9 Å². The Hall–Kier alpha value is -3.60.